The highest BCUT2D eigenvalue weighted by atomic mass is 79.9. The van der Waals surface area contributed by atoms with E-state index in [2.05, 4.69) is 21.2 Å². The highest BCUT2D eigenvalue weighted by Gasteiger charge is 2.24. The van der Waals surface area contributed by atoms with Gasteiger partial charge in [-0.2, -0.15) is 0 Å². The molecule has 2 unspecified atom stereocenters. The molecule has 1 aromatic carbocycles. The number of carbonyl (C=O) groups is 1. The molecule has 0 spiro atoms. The summed E-state index contributed by atoms with van der Waals surface area (Å²) in [5.41, 5.74) is 1.20. The summed E-state index contributed by atoms with van der Waals surface area (Å²) in [6.07, 6.45) is 0.872. The first kappa shape index (κ1) is 14.5. The second kappa shape index (κ2) is 6.50. The highest BCUT2D eigenvalue weighted by Crippen LogP contribution is 2.21. The lowest BCUT2D eigenvalue weighted by Crippen LogP contribution is -2.25. The van der Waals surface area contributed by atoms with Gasteiger partial charge in [-0.25, -0.2) is 0 Å². The molecular weight excluding hydrogens is 310 g/mol. The lowest BCUT2D eigenvalue weighted by molar-refractivity contribution is 0.0173. The van der Waals surface area contributed by atoms with Crippen LogP contribution in [0.2, 0.25) is 0 Å². The molecule has 3 N–H and O–H groups in total. The second-order valence-electron chi connectivity index (χ2n) is 4.86. The van der Waals surface area contributed by atoms with Crippen molar-refractivity contribution >= 4 is 21.8 Å². The molecule has 1 aromatic rings. The van der Waals surface area contributed by atoms with E-state index >= 15 is 0 Å². The Bertz CT molecular complexity index is 431. The zero-order valence-electron chi connectivity index (χ0n) is 10.6. The number of hydrogen-bond acceptors (Lipinski definition) is 3. The number of halogens is 1. The smallest absolute Gasteiger partial charge is 0.251 e. The van der Waals surface area contributed by atoms with Crippen molar-refractivity contribution in [3.05, 3.63) is 35.4 Å². The molecule has 0 saturated heterocycles. The normalized spacial score (nSPS) is 17.8. The van der Waals surface area contributed by atoms with Crippen LogP contribution in [0.1, 0.15) is 41.3 Å². The summed E-state index contributed by atoms with van der Waals surface area (Å²) in [7, 11) is 0. The Labute approximate surface area is 121 Å². The van der Waals surface area contributed by atoms with E-state index in [0.29, 0.717) is 28.9 Å². The van der Waals surface area contributed by atoms with E-state index in [0.717, 1.165) is 12.8 Å². The minimum Gasteiger partial charge on any atom is -0.390 e. The summed E-state index contributed by atoms with van der Waals surface area (Å²) >= 11 is 3.23. The SMILES string of the molecule is O=C(NC1CC1)c1ccc(C(O)C(O)CCBr)cc1. The van der Waals surface area contributed by atoms with Crippen LogP contribution in [0.5, 0.6) is 0 Å². The van der Waals surface area contributed by atoms with Crippen LogP contribution in [0.4, 0.5) is 0 Å². The number of benzene rings is 1. The van der Waals surface area contributed by atoms with Gasteiger partial charge in [0.15, 0.2) is 0 Å². The number of alkyl halides is 1. The molecular formula is C14H18BrNO3. The van der Waals surface area contributed by atoms with E-state index < -0.39 is 12.2 Å². The summed E-state index contributed by atoms with van der Waals surface area (Å²) in [5.74, 6) is -0.0791. The van der Waals surface area contributed by atoms with Gasteiger partial charge < -0.3 is 15.5 Å². The Morgan fingerprint density at radius 2 is 1.95 bits per heavy atom. The van der Waals surface area contributed by atoms with Crippen molar-refractivity contribution < 1.29 is 15.0 Å². The van der Waals surface area contributed by atoms with Gasteiger partial charge in [0.2, 0.25) is 0 Å². The fraction of sp³-hybridized carbons (Fsp3) is 0.500. The van der Waals surface area contributed by atoms with E-state index in [1.165, 1.54) is 0 Å². The summed E-state index contributed by atoms with van der Waals surface area (Å²) < 4.78 is 0. The maximum Gasteiger partial charge on any atom is 0.251 e. The Kier molecular flexibility index (Phi) is 4.96. The molecule has 2 rings (SSSR count). The van der Waals surface area contributed by atoms with Crippen LogP contribution in [-0.2, 0) is 0 Å². The van der Waals surface area contributed by atoms with Crippen LogP contribution in [0, 0.1) is 0 Å². The second-order valence-corrected chi connectivity index (χ2v) is 5.65. The maximum absolute atomic E-state index is 11.8. The summed E-state index contributed by atoms with van der Waals surface area (Å²) in [6, 6.07) is 7.06. The van der Waals surface area contributed by atoms with Gasteiger partial charge in [0.1, 0.15) is 6.10 Å². The Morgan fingerprint density at radius 3 is 2.47 bits per heavy atom. The Hall–Kier alpha value is -0.910. The van der Waals surface area contributed by atoms with Crippen LogP contribution < -0.4 is 5.32 Å². The Morgan fingerprint density at radius 1 is 1.32 bits per heavy atom. The average molecular weight is 328 g/mol. The summed E-state index contributed by atoms with van der Waals surface area (Å²) in [4.78, 5) is 11.8. The average Bonchev–Trinajstić information content (AvgIpc) is 3.22. The van der Waals surface area contributed by atoms with Gasteiger partial charge in [-0.1, -0.05) is 28.1 Å². The minimum atomic E-state index is -0.918. The third kappa shape index (κ3) is 4.03. The van der Waals surface area contributed by atoms with Crippen molar-refractivity contribution in [1.82, 2.24) is 5.32 Å². The number of nitrogens with one attached hydrogen (secondary N) is 1. The minimum absolute atomic E-state index is 0.0791. The van der Waals surface area contributed by atoms with Crippen molar-refractivity contribution in [3.8, 4) is 0 Å². The standard InChI is InChI=1S/C14H18BrNO3/c15-8-7-12(17)13(18)9-1-3-10(4-2-9)14(19)16-11-5-6-11/h1-4,11-13,17-18H,5-8H2,(H,16,19). The molecule has 0 aliphatic heterocycles. The van der Waals surface area contributed by atoms with Gasteiger partial charge in [0.05, 0.1) is 6.10 Å². The van der Waals surface area contributed by atoms with Crippen molar-refractivity contribution in [2.24, 2.45) is 0 Å². The first-order valence-corrected chi connectivity index (χ1v) is 7.57. The van der Waals surface area contributed by atoms with Gasteiger partial charge in [-0.05, 0) is 37.0 Å². The molecule has 5 heteroatoms. The first-order chi connectivity index (χ1) is 9.11. The van der Waals surface area contributed by atoms with Crippen LogP contribution in [0.15, 0.2) is 24.3 Å². The van der Waals surface area contributed by atoms with E-state index in [1.54, 1.807) is 24.3 Å². The molecule has 1 fully saturated rings. The zero-order valence-corrected chi connectivity index (χ0v) is 12.1. The van der Waals surface area contributed by atoms with Crippen LogP contribution >= 0.6 is 15.9 Å². The summed E-state index contributed by atoms with van der Waals surface area (Å²) in [6.45, 7) is 0. The maximum atomic E-state index is 11.8. The number of carbonyl (C=O) groups excluding carboxylic acids is 1. The molecule has 19 heavy (non-hydrogen) atoms. The molecule has 1 aliphatic rings. The molecule has 2 atom stereocenters. The molecule has 0 heterocycles. The number of amides is 1. The van der Waals surface area contributed by atoms with Crippen molar-refractivity contribution in [3.63, 3.8) is 0 Å². The molecule has 104 valence electrons. The highest BCUT2D eigenvalue weighted by molar-refractivity contribution is 9.09. The van der Waals surface area contributed by atoms with Gasteiger partial charge in [0.25, 0.3) is 5.91 Å². The van der Waals surface area contributed by atoms with Crippen LogP contribution in [-0.4, -0.2) is 33.6 Å². The van der Waals surface area contributed by atoms with Crippen LogP contribution in [0.3, 0.4) is 0 Å². The molecule has 1 aliphatic carbocycles. The zero-order chi connectivity index (χ0) is 13.8. The van der Waals surface area contributed by atoms with E-state index in [1.807, 2.05) is 0 Å². The number of rotatable bonds is 6. The van der Waals surface area contributed by atoms with E-state index in [4.69, 9.17) is 0 Å². The lowest BCUT2D eigenvalue weighted by Gasteiger charge is -2.17. The van der Waals surface area contributed by atoms with Crippen molar-refractivity contribution in [2.75, 3.05) is 5.33 Å². The number of aliphatic hydroxyl groups is 2. The predicted octanol–water partition coefficient (Wildman–Crippen LogP) is 1.76. The molecule has 1 saturated carbocycles. The summed E-state index contributed by atoms with van der Waals surface area (Å²) in [5, 5.41) is 23.2. The number of aliphatic hydroxyl groups excluding tert-OH is 2. The van der Waals surface area contributed by atoms with Gasteiger partial charge in [0, 0.05) is 16.9 Å². The molecule has 4 nitrogen and oxygen atoms in total. The van der Waals surface area contributed by atoms with Crippen LogP contribution in [0.25, 0.3) is 0 Å². The quantitative estimate of drug-likeness (QED) is 0.697. The monoisotopic (exact) mass is 327 g/mol. The van der Waals surface area contributed by atoms with Gasteiger partial charge in [-0.3, -0.25) is 4.79 Å². The van der Waals surface area contributed by atoms with E-state index in [9.17, 15) is 15.0 Å². The third-order valence-electron chi connectivity index (χ3n) is 3.20. The molecule has 0 radical (unpaired) electrons. The topological polar surface area (TPSA) is 69.6 Å². The fourth-order valence-electron chi connectivity index (χ4n) is 1.82. The number of hydrogen-bond donors (Lipinski definition) is 3. The predicted molar refractivity (Wildman–Crippen MR) is 76.3 cm³/mol. The lowest BCUT2D eigenvalue weighted by atomic mass is 10.0. The van der Waals surface area contributed by atoms with Crippen molar-refractivity contribution in [1.29, 1.82) is 0 Å². The Balaban J connectivity index is 1.98. The third-order valence-corrected chi connectivity index (χ3v) is 3.65. The molecule has 0 aromatic heterocycles. The van der Waals surface area contributed by atoms with Crippen molar-refractivity contribution in [2.45, 2.75) is 37.5 Å². The largest absolute Gasteiger partial charge is 0.390 e. The fourth-order valence-corrected chi connectivity index (χ4v) is 2.29. The molecule has 0 bridgehead atoms. The van der Waals surface area contributed by atoms with E-state index in [-0.39, 0.29) is 5.91 Å². The first-order valence-electron chi connectivity index (χ1n) is 6.44. The van der Waals surface area contributed by atoms with Gasteiger partial charge in [-0.15, -0.1) is 0 Å². The molecule has 1 amide bonds. The van der Waals surface area contributed by atoms with Gasteiger partial charge >= 0.3 is 0 Å².